The van der Waals surface area contributed by atoms with E-state index in [9.17, 15) is 18.0 Å². The van der Waals surface area contributed by atoms with E-state index in [1.807, 2.05) is 0 Å². The number of amides is 1. The third-order valence-electron chi connectivity index (χ3n) is 2.85. The first-order chi connectivity index (χ1) is 8.90. The van der Waals surface area contributed by atoms with Crippen molar-refractivity contribution >= 4 is 36.0 Å². The topological polar surface area (TPSA) is 20.3 Å². The molecule has 1 heterocycles. The highest BCUT2D eigenvalue weighted by Gasteiger charge is 2.34. The van der Waals surface area contributed by atoms with Gasteiger partial charge in [-0.05, 0) is 35.6 Å². The number of carbonyl (C=O) groups excluding carboxylic acids is 1. The van der Waals surface area contributed by atoms with Gasteiger partial charge in [0.05, 0.1) is 5.69 Å². The molecule has 0 N–H and O–H groups in total. The van der Waals surface area contributed by atoms with Crippen LogP contribution in [-0.4, -0.2) is 23.7 Å². The number of halogens is 3. The Morgan fingerprint density at radius 1 is 1.37 bits per heavy atom. The van der Waals surface area contributed by atoms with Crippen LogP contribution in [-0.2, 0) is 4.79 Å². The van der Waals surface area contributed by atoms with Crippen LogP contribution in [0, 0.1) is 5.92 Å². The van der Waals surface area contributed by atoms with Crippen molar-refractivity contribution in [3.05, 3.63) is 24.3 Å². The van der Waals surface area contributed by atoms with Crippen LogP contribution in [0.2, 0.25) is 0 Å². The summed E-state index contributed by atoms with van der Waals surface area (Å²) in [5.74, 6) is 0.505. The summed E-state index contributed by atoms with van der Waals surface area (Å²) in [7, 11) is 0. The Balaban J connectivity index is 2.27. The summed E-state index contributed by atoms with van der Waals surface area (Å²) in [6.45, 7) is 0.428. The minimum Gasteiger partial charge on any atom is -0.311 e. The molecule has 1 atom stereocenters. The largest absolute Gasteiger partial charge is 0.446 e. The van der Waals surface area contributed by atoms with Gasteiger partial charge in [-0.2, -0.15) is 25.8 Å². The molecule has 2 nitrogen and oxygen atoms in total. The molecule has 1 saturated heterocycles. The maximum absolute atomic E-state index is 12.5. The van der Waals surface area contributed by atoms with Crippen molar-refractivity contribution in [2.24, 2.45) is 5.92 Å². The first-order valence-electron chi connectivity index (χ1n) is 5.66. The number of hydrogen-bond donors (Lipinski definition) is 1. The minimum absolute atomic E-state index is 0.0585. The fraction of sp³-hybridized carbons (Fsp3) is 0.417. The zero-order valence-corrected chi connectivity index (χ0v) is 11.6. The smallest absolute Gasteiger partial charge is 0.311 e. The standard InChI is InChI=1S/C12H12F3NOS2/c13-12(14,15)19-10-4-2-1-3-9(10)16-6-8(7-18)5-11(16)17/h1-4,8,18H,5-7H2. The molecular formula is C12H12F3NOS2. The quantitative estimate of drug-likeness (QED) is 0.680. The summed E-state index contributed by atoms with van der Waals surface area (Å²) in [4.78, 5) is 13.3. The fourth-order valence-corrected chi connectivity index (χ4v) is 2.95. The van der Waals surface area contributed by atoms with Gasteiger partial charge in [-0.15, -0.1) is 0 Å². The van der Waals surface area contributed by atoms with Gasteiger partial charge in [0.2, 0.25) is 5.91 Å². The molecule has 0 aromatic heterocycles. The Hall–Kier alpha value is -0.820. The summed E-state index contributed by atoms with van der Waals surface area (Å²) in [6, 6.07) is 6.10. The lowest BCUT2D eigenvalue weighted by Gasteiger charge is -2.20. The Morgan fingerprint density at radius 2 is 2.05 bits per heavy atom. The van der Waals surface area contributed by atoms with Crippen LogP contribution < -0.4 is 4.90 Å². The molecular weight excluding hydrogens is 295 g/mol. The average molecular weight is 307 g/mol. The predicted molar refractivity (Wildman–Crippen MR) is 72.7 cm³/mol. The van der Waals surface area contributed by atoms with Gasteiger partial charge < -0.3 is 4.90 Å². The third kappa shape index (κ3) is 3.60. The number of carbonyl (C=O) groups is 1. The number of para-hydroxylation sites is 1. The molecule has 19 heavy (non-hydrogen) atoms. The number of alkyl halides is 3. The van der Waals surface area contributed by atoms with Gasteiger partial charge in [0.1, 0.15) is 0 Å². The maximum Gasteiger partial charge on any atom is 0.446 e. The third-order valence-corrected chi connectivity index (χ3v) is 4.16. The molecule has 0 radical (unpaired) electrons. The Labute approximate surface area is 118 Å². The van der Waals surface area contributed by atoms with E-state index >= 15 is 0 Å². The highest BCUT2D eigenvalue weighted by atomic mass is 32.2. The number of benzene rings is 1. The molecule has 2 rings (SSSR count). The molecule has 1 aliphatic heterocycles. The van der Waals surface area contributed by atoms with Crippen LogP contribution in [0.1, 0.15) is 6.42 Å². The molecule has 1 aromatic rings. The summed E-state index contributed by atoms with van der Waals surface area (Å²) in [5.41, 5.74) is -4.03. The summed E-state index contributed by atoms with van der Waals surface area (Å²) >= 11 is 3.95. The van der Waals surface area contributed by atoms with E-state index in [-0.39, 0.29) is 28.5 Å². The Bertz CT molecular complexity index is 478. The predicted octanol–water partition coefficient (Wildman–Crippen LogP) is 3.58. The molecule has 0 aliphatic carbocycles. The van der Waals surface area contributed by atoms with E-state index in [0.717, 1.165) is 0 Å². The molecule has 1 unspecified atom stereocenters. The number of hydrogen-bond acceptors (Lipinski definition) is 3. The number of nitrogens with zero attached hydrogens (tertiary/aromatic N) is 1. The molecule has 1 fully saturated rings. The van der Waals surface area contributed by atoms with Gasteiger partial charge in [0.15, 0.2) is 0 Å². The molecule has 0 saturated carbocycles. The van der Waals surface area contributed by atoms with Crippen LogP contribution in [0.15, 0.2) is 29.2 Å². The minimum atomic E-state index is -4.36. The lowest BCUT2D eigenvalue weighted by atomic mass is 10.1. The second-order valence-electron chi connectivity index (χ2n) is 4.27. The van der Waals surface area contributed by atoms with Gasteiger partial charge in [0, 0.05) is 17.9 Å². The molecule has 0 spiro atoms. The number of anilines is 1. The first-order valence-corrected chi connectivity index (χ1v) is 7.11. The van der Waals surface area contributed by atoms with Gasteiger partial charge >= 0.3 is 5.51 Å². The van der Waals surface area contributed by atoms with Crippen molar-refractivity contribution < 1.29 is 18.0 Å². The van der Waals surface area contributed by atoms with Gasteiger partial charge in [0.25, 0.3) is 0 Å². The Morgan fingerprint density at radius 3 is 2.63 bits per heavy atom. The van der Waals surface area contributed by atoms with E-state index in [4.69, 9.17) is 0 Å². The number of thiol groups is 1. The highest BCUT2D eigenvalue weighted by Crippen LogP contribution is 2.42. The normalized spacial score (nSPS) is 20.1. The maximum atomic E-state index is 12.5. The molecule has 1 aromatic carbocycles. The fourth-order valence-electron chi connectivity index (χ4n) is 2.03. The van der Waals surface area contributed by atoms with E-state index in [2.05, 4.69) is 12.6 Å². The van der Waals surface area contributed by atoms with Crippen molar-refractivity contribution in [1.82, 2.24) is 0 Å². The second-order valence-corrected chi connectivity index (χ2v) is 5.74. The Kier molecular flexibility index (Phi) is 4.35. The SMILES string of the molecule is O=C1CC(CS)CN1c1ccccc1SC(F)(F)F. The van der Waals surface area contributed by atoms with E-state index in [0.29, 0.717) is 24.4 Å². The van der Waals surface area contributed by atoms with E-state index < -0.39 is 5.51 Å². The lowest BCUT2D eigenvalue weighted by Crippen LogP contribution is -2.25. The molecule has 1 amide bonds. The van der Waals surface area contributed by atoms with Crippen molar-refractivity contribution in [3.8, 4) is 0 Å². The average Bonchev–Trinajstić information content (AvgIpc) is 2.69. The monoisotopic (exact) mass is 307 g/mol. The van der Waals surface area contributed by atoms with Crippen LogP contribution >= 0.6 is 24.4 Å². The summed E-state index contributed by atoms with van der Waals surface area (Å²) in [5, 5.41) is 0. The molecule has 1 aliphatic rings. The molecule has 104 valence electrons. The second kappa shape index (κ2) is 5.66. The van der Waals surface area contributed by atoms with E-state index in [1.54, 1.807) is 12.1 Å². The van der Waals surface area contributed by atoms with Crippen molar-refractivity contribution in [2.75, 3.05) is 17.2 Å². The van der Waals surface area contributed by atoms with Gasteiger partial charge in [-0.1, -0.05) is 12.1 Å². The van der Waals surface area contributed by atoms with Crippen LogP contribution in [0.25, 0.3) is 0 Å². The van der Waals surface area contributed by atoms with Crippen LogP contribution in [0.5, 0.6) is 0 Å². The summed E-state index contributed by atoms with van der Waals surface area (Å²) < 4.78 is 37.5. The highest BCUT2D eigenvalue weighted by molar-refractivity contribution is 8.00. The zero-order valence-electron chi connectivity index (χ0n) is 9.85. The lowest BCUT2D eigenvalue weighted by molar-refractivity contribution is -0.117. The zero-order chi connectivity index (χ0) is 14.0. The first kappa shape index (κ1) is 14.6. The molecule has 7 heteroatoms. The van der Waals surface area contributed by atoms with Gasteiger partial charge in [-0.3, -0.25) is 4.79 Å². The summed E-state index contributed by atoms with van der Waals surface area (Å²) in [6.07, 6.45) is 0.342. The van der Waals surface area contributed by atoms with Crippen molar-refractivity contribution in [2.45, 2.75) is 16.8 Å². The van der Waals surface area contributed by atoms with Crippen molar-refractivity contribution in [1.29, 1.82) is 0 Å². The van der Waals surface area contributed by atoms with Crippen molar-refractivity contribution in [3.63, 3.8) is 0 Å². The van der Waals surface area contributed by atoms with Crippen LogP contribution in [0.3, 0.4) is 0 Å². The van der Waals surface area contributed by atoms with Gasteiger partial charge in [-0.25, -0.2) is 0 Å². The number of thioether (sulfide) groups is 1. The van der Waals surface area contributed by atoms with Crippen LogP contribution in [0.4, 0.5) is 18.9 Å². The van der Waals surface area contributed by atoms with E-state index in [1.165, 1.54) is 17.0 Å². The number of rotatable bonds is 3. The molecule has 0 bridgehead atoms.